The van der Waals surface area contributed by atoms with Crippen LogP contribution in [0.4, 0.5) is 5.69 Å². The summed E-state index contributed by atoms with van der Waals surface area (Å²) in [6.45, 7) is 1.40. The second-order valence-corrected chi connectivity index (χ2v) is 7.69. The maximum atomic E-state index is 12.4. The fourth-order valence-corrected chi connectivity index (χ4v) is 3.07. The number of esters is 1. The zero-order valence-corrected chi connectivity index (χ0v) is 17.8. The van der Waals surface area contributed by atoms with E-state index in [9.17, 15) is 14.4 Å². The van der Waals surface area contributed by atoms with Crippen molar-refractivity contribution in [2.24, 2.45) is 0 Å². The zero-order chi connectivity index (χ0) is 21.2. The first-order valence-electron chi connectivity index (χ1n) is 8.98. The van der Waals surface area contributed by atoms with Gasteiger partial charge in [-0.3, -0.25) is 9.59 Å². The summed E-state index contributed by atoms with van der Waals surface area (Å²) < 4.78 is 5.12. The number of carbonyl (C=O) groups is 3. The molecule has 8 heteroatoms. The van der Waals surface area contributed by atoms with E-state index in [0.29, 0.717) is 28.4 Å². The van der Waals surface area contributed by atoms with Gasteiger partial charge in [0.05, 0.1) is 0 Å². The number of ether oxygens (including phenoxy) is 1. The van der Waals surface area contributed by atoms with Crippen LogP contribution in [0.5, 0.6) is 0 Å². The summed E-state index contributed by atoms with van der Waals surface area (Å²) in [6.07, 6.45) is 2.30. The molecule has 0 aliphatic rings. The van der Waals surface area contributed by atoms with Gasteiger partial charge in [-0.1, -0.05) is 35.9 Å². The largest absolute Gasteiger partial charge is 0.454 e. The second-order valence-electron chi connectivity index (χ2n) is 6.29. The fraction of sp³-hybridized carbons (Fsp3) is 0.286. The van der Waals surface area contributed by atoms with Crippen molar-refractivity contribution in [3.05, 3.63) is 64.7 Å². The number of aryl methyl sites for hydroxylation is 1. The number of nitrogens with one attached hydrogen (secondary N) is 2. The van der Waals surface area contributed by atoms with Crippen molar-refractivity contribution in [3.8, 4) is 0 Å². The van der Waals surface area contributed by atoms with Crippen LogP contribution in [0.2, 0.25) is 5.02 Å². The summed E-state index contributed by atoms with van der Waals surface area (Å²) in [5.41, 5.74) is 1.85. The standard InChI is InChI=1S/C21H23ClN2O4S/c1-14-8-9-16(12-17(14)22)23-19(25)13-28-21(27)18(10-11-29-2)24-20(26)15-6-4-3-5-7-15/h3-9,12,18H,10-11,13H2,1-2H3,(H,23,25)(H,24,26)/t18-/m0/s1. The van der Waals surface area contributed by atoms with Crippen LogP contribution < -0.4 is 10.6 Å². The minimum Gasteiger partial charge on any atom is -0.454 e. The maximum absolute atomic E-state index is 12.4. The van der Waals surface area contributed by atoms with E-state index in [1.165, 1.54) is 0 Å². The van der Waals surface area contributed by atoms with Crippen LogP contribution in [0, 0.1) is 6.92 Å². The molecule has 0 spiro atoms. The number of benzene rings is 2. The lowest BCUT2D eigenvalue weighted by Gasteiger charge is -2.17. The van der Waals surface area contributed by atoms with E-state index in [1.54, 1.807) is 60.3 Å². The first-order valence-corrected chi connectivity index (χ1v) is 10.8. The van der Waals surface area contributed by atoms with E-state index in [1.807, 2.05) is 13.2 Å². The van der Waals surface area contributed by atoms with E-state index < -0.39 is 24.5 Å². The lowest BCUT2D eigenvalue weighted by molar-refractivity contribution is -0.149. The quantitative estimate of drug-likeness (QED) is 0.588. The number of carbonyl (C=O) groups excluding carboxylic acids is 3. The van der Waals surface area contributed by atoms with E-state index in [2.05, 4.69) is 10.6 Å². The maximum Gasteiger partial charge on any atom is 0.329 e. The molecule has 0 unspecified atom stereocenters. The van der Waals surface area contributed by atoms with Gasteiger partial charge < -0.3 is 15.4 Å². The molecule has 0 fully saturated rings. The van der Waals surface area contributed by atoms with Crippen LogP contribution in [0.25, 0.3) is 0 Å². The summed E-state index contributed by atoms with van der Waals surface area (Å²) in [5.74, 6) is -0.854. The molecule has 29 heavy (non-hydrogen) atoms. The zero-order valence-electron chi connectivity index (χ0n) is 16.2. The molecule has 2 rings (SSSR count). The second kappa shape index (κ2) is 11.5. The highest BCUT2D eigenvalue weighted by Gasteiger charge is 2.23. The van der Waals surface area contributed by atoms with Crippen molar-refractivity contribution in [3.63, 3.8) is 0 Å². The molecule has 0 saturated carbocycles. The Morgan fingerprint density at radius 3 is 2.52 bits per heavy atom. The monoisotopic (exact) mass is 434 g/mol. The first-order chi connectivity index (χ1) is 13.9. The van der Waals surface area contributed by atoms with Crippen LogP contribution >= 0.6 is 23.4 Å². The van der Waals surface area contributed by atoms with Crippen molar-refractivity contribution in [2.75, 3.05) is 23.9 Å². The van der Waals surface area contributed by atoms with Crippen LogP contribution in [-0.4, -0.2) is 42.4 Å². The Morgan fingerprint density at radius 2 is 1.86 bits per heavy atom. The highest BCUT2D eigenvalue weighted by atomic mass is 35.5. The van der Waals surface area contributed by atoms with Gasteiger partial charge >= 0.3 is 5.97 Å². The van der Waals surface area contributed by atoms with Crippen LogP contribution in [0.3, 0.4) is 0 Å². The summed E-state index contributed by atoms with van der Waals surface area (Å²) in [6, 6.07) is 12.9. The molecule has 0 aliphatic carbocycles. The number of hydrogen-bond acceptors (Lipinski definition) is 5. The molecule has 0 saturated heterocycles. The minimum absolute atomic E-state index is 0.368. The molecule has 0 aliphatic heterocycles. The van der Waals surface area contributed by atoms with Gasteiger partial charge in [-0.05, 0) is 55.2 Å². The van der Waals surface area contributed by atoms with Crippen molar-refractivity contribution in [1.82, 2.24) is 5.32 Å². The molecule has 154 valence electrons. The van der Waals surface area contributed by atoms with Crippen molar-refractivity contribution in [1.29, 1.82) is 0 Å². The van der Waals surface area contributed by atoms with Crippen LogP contribution in [0.1, 0.15) is 22.3 Å². The third-order valence-corrected chi connectivity index (χ3v) is 5.09. The van der Waals surface area contributed by atoms with Crippen LogP contribution in [-0.2, 0) is 14.3 Å². The van der Waals surface area contributed by atoms with Crippen molar-refractivity contribution >= 4 is 46.8 Å². The number of anilines is 1. The first kappa shape index (κ1) is 22.8. The summed E-state index contributed by atoms with van der Waals surface area (Å²) in [7, 11) is 0. The molecule has 2 aromatic carbocycles. The minimum atomic E-state index is -0.836. The lowest BCUT2D eigenvalue weighted by atomic mass is 10.1. The lowest BCUT2D eigenvalue weighted by Crippen LogP contribution is -2.43. The van der Waals surface area contributed by atoms with E-state index >= 15 is 0 Å². The summed E-state index contributed by atoms with van der Waals surface area (Å²) in [5, 5.41) is 5.83. The molecule has 0 aromatic heterocycles. The van der Waals surface area contributed by atoms with Gasteiger partial charge in [0.1, 0.15) is 6.04 Å². The fourth-order valence-electron chi connectivity index (χ4n) is 2.42. The SMILES string of the molecule is CSCC[C@H](NC(=O)c1ccccc1)C(=O)OCC(=O)Nc1ccc(C)c(Cl)c1. The molecule has 0 radical (unpaired) electrons. The predicted molar refractivity (Wildman–Crippen MR) is 116 cm³/mol. The molecule has 0 bridgehead atoms. The van der Waals surface area contributed by atoms with E-state index in [4.69, 9.17) is 16.3 Å². The Hall–Kier alpha value is -2.51. The van der Waals surface area contributed by atoms with Gasteiger partial charge in [-0.25, -0.2) is 4.79 Å². The molecule has 1 atom stereocenters. The Bertz CT molecular complexity index is 861. The van der Waals surface area contributed by atoms with Gasteiger partial charge in [0.2, 0.25) is 0 Å². The van der Waals surface area contributed by atoms with Gasteiger partial charge in [0, 0.05) is 16.3 Å². The number of hydrogen-bond donors (Lipinski definition) is 2. The molecule has 0 heterocycles. The number of amides is 2. The third kappa shape index (κ3) is 7.44. The molecule has 6 nitrogen and oxygen atoms in total. The van der Waals surface area contributed by atoms with Gasteiger partial charge in [-0.15, -0.1) is 0 Å². The Morgan fingerprint density at radius 1 is 1.14 bits per heavy atom. The average Bonchev–Trinajstić information content (AvgIpc) is 2.72. The normalized spacial score (nSPS) is 11.4. The van der Waals surface area contributed by atoms with Crippen molar-refractivity contribution in [2.45, 2.75) is 19.4 Å². The highest BCUT2D eigenvalue weighted by Crippen LogP contribution is 2.19. The number of thioether (sulfide) groups is 1. The average molecular weight is 435 g/mol. The van der Waals surface area contributed by atoms with Gasteiger partial charge in [0.25, 0.3) is 11.8 Å². The van der Waals surface area contributed by atoms with Gasteiger partial charge in [0.15, 0.2) is 6.61 Å². The Balaban J connectivity index is 1.91. The van der Waals surface area contributed by atoms with Crippen molar-refractivity contribution < 1.29 is 19.1 Å². The Kier molecular flexibility index (Phi) is 9.02. The van der Waals surface area contributed by atoms with E-state index in [-0.39, 0.29) is 5.91 Å². The molecule has 2 amide bonds. The third-order valence-electron chi connectivity index (χ3n) is 4.04. The number of rotatable bonds is 9. The highest BCUT2D eigenvalue weighted by molar-refractivity contribution is 7.98. The van der Waals surface area contributed by atoms with Crippen LogP contribution in [0.15, 0.2) is 48.5 Å². The molecule has 2 aromatic rings. The summed E-state index contributed by atoms with van der Waals surface area (Å²) in [4.78, 5) is 36.8. The number of halogens is 1. The van der Waals surface area contributed by atoms with E-state index in [0.717, 1.165) is 5.56 Å². The van der Waals surface area contributed by atoms with Gasteiger partial charge in [-0.2, -0.15) is 11.8 Å². The predicted octanol–water partition coefficient (Wildman–Crippen LogP) is 3.68. The Labute approximate surface area is 179 Å². The molecular weight excluding hydrogens is 412 g/mol. The molecule has 2 N–H and O–H groups in total. The smallest absolute Gasteiger partial charge is 0.329 e. The summed E-state index contributed by atoms with van der Waals surface area (Å²) >= 11 is 7.58. The molecular formula is C21H23ClN2O4S. The topological polar surface area (TPSA) is 84.5 Å².